The molecular weight excluding hydrogens is 378 g/mol. The molecule has 0 unspecified atom stereocenters. The first-order chi connectivity index (χ1) is 15.0. The van der Waals surface area contributed by atoms with Gasteiger partial charge in [0.15, 0.2) is 0 Å². The van der Waals surface area contributed by atoms with E-state index in [1.165, 1.54) is 44.1 Å². The molecule has 0 saturated carbocycles. The number of para-hydroxylation sites is 1. The minimum absolute atomic E-state index is 0.0393. The predicted octanol–water partition coefficient (Wildman–Crippen LogP) is 6.65. The van der Waals surface area contributed by atoms with Gasteiger partial charge in [-0.3, -0.25) is 5.01 Å². The third-order valence-electron chi connectivity index (χ3n) is 7.02. The maximum absolute atomic E-state index is 6.67. The van der Waals surface area contributed by atoms with E-state index in [1.54, 1.807) is 5.01 Å². The van der Waals surface area contributed by atoms with Crippen molar-refractivity contribution in [3.63, 3.8) is 0 Å². The summed E-state index contributed by atoms with van der Waals surface area (Å²) in [5, 5.41) is 4.28. The lowest BCUT2D eigenvalue weighted by atomic mass is 9.82. The summed E-state index contributed by atoms with van der Waals surface area (Å²) < 4.78 is 2.24. The normalized spacial score (nSPS) is 14.1. The first-order valence-electron chi connectivity index (χ1n) is 10.7. The van der Waals surface area contributed by atoms with Crippen LogP contribution in [0.15, 0.2) is 84.9 Å². The molecule has 1 aliphatic rings. The molecule has 1 aromatic heterocycles. The molecule has 0 radical (unpaired) electrons. The van der Waals surface area contributed by atoms with Gasteiger partial charge in [-0.2, -0.15) is 0 Å². The standard InChI is InChI=1S/C28H25N3/c1-28(2)24-10-6-4-8-20(24)21-14-12-19(17-25(21)28)31(29)18-13-15-27-23(16-18)22-9-5-7-11-26(22)30(27)3/h4-17H,29H2,1-3H3. The zero-order valence-electron chi connectivity index (χ0n) is 18.1. The van der Waals surface area contributed by atoms with Crippen LogP contribution < -0.4 is 10.9 Å². The average Bonchev–Trinajstić information content (AvgIpc) is 3.22. The van der Waals surface area contributed by atoms with Crippen molar-refractivity contribution in [3.05, 3.63) is 96.1 Å². The van der Waals surface area contributed by atoms with Crippen LogP contribution in [0.25, 0.3) is 32.9 Å². The van der Waals surface area contributed by atoms with Crippen LogP contribution in [-0.2, 0) is 12.5 Å². The molecule has 1 heterocycles. The first-order valence-corrected chi connectivity index (χ1v) is 10.7. The van der Waals surface area contributed by atoms with Gasteiger partial charge in [-0.15, -0.1) is 0 Å². The summed E-state index contributed by atoms with van der Waals surface area (Å²) in [5.41, 5.74) is 9.73. The molecule has 152 valence electrons. The van der Waals surface area contributed by atoms with Crippen molar-refractivity contribution in [2.45, 2.75) is 19.3 Å². The zero-order valence-corrected chi connectivity index (χ0v) is 18.1. The molecule has 0 saturated heterocycles. The monoisotopic (exact) mass is 403 g/mol. The van der Waals surface area contributed by atoms with Gasteiger partial charge in [0.1, 0.15) is 0 Å². The minimum Gasteiger partial charge on any atom is -0.344 e. The fourth-order valence-electron chi connectivity index (χ4n) is 5.30. The van der Waals surface area contributed by atoms with Crippen molar-refractivity contribution in [1.82, 2.24) is 4.57 Å². The van der Waals surface area contributed by atoms with Gasteiger partial charge in [-0.25, -0.2) is 5.84 Å². The van der Waals surface area contributed by atoms with E-state index in [2.05, 4.69) is 110 Å². The van der Waals surface area contributed by atoms with Crippen LogP contribution in [0.3, 0.4) is 0 Å². The number of nitrogens with two attached hydrogens (primary N) is 1. The lowest BCUT2D eigenvalue weighted by Crippen LogP contribution is -2.25. The molecule has 5 aromatic rings. The Balaban J connectivity index is 1.47. The number of hydrogen-bond donors (Lipinski definition) is 1. The SMILES string of the molecule is Cn1c2ccccc2c2cc(N(N)c3ccc4c(c3)C(C)(C)c3ccccc3-4)ccc21. The molecule has 0 fully saturated rings. The van der Waals surface area contributed by atoms with Gasteiger partial charge < -0.3 is 4.57 Å². The van der Waals surface area contributed by atoms with Crippen LogP contribution in [0.4, 0.5) is 11.4 Å². The third-order valence-corrected chi connectivity index (χ3v) is 7.02. The lowest BCUT2D eigenvalue weighted by Gasteiger charge is -2.24. The molecule has 4 aromatic carbocycles. The molecule has 0 spiro atoms. The molecule has 0 amide bonds. The van der Waals surface area contributed by atoms with E-state index >= 15 is 0 Å². The number of aromatic nitrogens is 1. The van der Waals surface area contributed by atoms with E-state index in [9.17, 15) is 0 Å². The zero-order chi connectivity index (χ0) is 21.3. The van der Waals surface area contributed by atoms with Crippen LogP contribution in [0.2, 0.25) is 0 Å². The number of hydrogen-bond acceptors (Lipinski definition) is 2. The van der Waals surface area contributed by atoms with Crippen molar-refractivity contribution in [1.29, 1.82) is 0 Å². The Morgan fingerprint density at radius 2 is 1.32 bits per heavy atom. The van der Waals surface area contributed by atoms with E-state index in [0.29, 0.717) is 0 Å². The molecule has 0 atom stereocenters. The summed E-state index contributed by atoms with van der Waals surface area (Å²) >= 11 is 0. The van der Waals surface area contributed by atoms with Gasteiger partial charge in [0.25, 0.3) is 0 Å². The summed E-state index contributed by atoms with van der Waals surface area (Å²) in [6.07, 6.45) is 0. The third kappa shape index (κ3) is 2.44. The first kappa shape index (κ1) is 18.2. The van der Waals surface area contributed by atoms with Crippen LogP contribution in [0.5, 0.6) is 0 Å². The number of nitrogens with zero attached hydrogens (tertiary/aromatic N) is 2. The molecule has 0 bridgehead atoms. The maximum atomic E-state index is 6.67. The number of aryl methyl sites for hydroxylation is 1. The molecule has 2 N–H and O–H groups in total. The highest BCUT2D eigenvalue weighted by molar-refractivity contribution is 6.09. The van der Waals surface area contributed by atoms with Crippen LogP contribution in [-0.4, -0.2) is 4.57 Å². The van der Waals surface area contributed by atoms with Gasteiger partial charge in [-0.05, 0) is 58.7 Å². The lowest BCUT2D eigenvalue weighted by molar-refractivity contribution is 0.660. The number of hydrazine groups is 1. The Morgan fingerprint density at radius 3 is 2.19 bits per heavy atom. The van der Waals surface area contributed by atoms with Crippen molar-refractivity contribution < 1.29 is 0 Å². The van der Waals surface area contributed by atoms with Crippen LogP contribution in [0.1, 0.15) is 25.0 Å². The smallest absolute Gasteiger partial charge is 0.0582 e. The highest BCUT2D eigenvalue weighted by Crippen LogP contribution is 2.49. The molecule has 1 aliphatic carbocycles. The number of anilines is 2. The van der Waals surface area contributed by atoms with Crippen molar-refractivity contribution in [2.24, 2.45) is 12.9 Å². The van der Waals surface area contributed by atoms with Gasteiger partial charge in [0.05, 0.1) is 11.4 Å². The maximum Gasteiger partial charge on any atom is 0.0582 e. The minimum atomic E-state index is -0.0393. The Labute approximate surface area is 182 Å². The van der Waals surface area contributed by atoms with E-state index in [-0.39, 0.29) is 5.41 Å². The second-order valence-corrected chi connectivity index (χ2v) is 9.05. The van der Waals surface area contributed by atoms with E-state index in [4.69, 9.17) is 5.84 Å². The topological polar surface area (TPSA) is 34.2 Å². The molecule has 6 rings (SSSR count). The molecule has 0 aliphatic heterocycles. The summed E-state index contributed by atoms with van der Waals surface area (Å²) in [5.74, 6) is 6.67. The Hall–Kier alpha value is -3.56. The van der Waals surface area contributed by atoms with Crippen molar-refractivity contribution in [3.8, 4) is 11.1 Å². The molecule has 3 nitrogen and oxygen atoms in total. The van der Waals surface area contributed by atoms with E-state index < -0.39 is 0 Å². The van der Waals surface area contributed by atoms with Crippen LogP contribution in [0, 0.1) is 0 Å². The average molecular weight is 404 g/mol. The summed E-state index contributed by atoms with van der Waals surface area (Å²) in [7, 11) is 2.12. The fraction of sp³-hybridized carbons (Fsp3) is 0.143. The fourth-order valence-corrected chi connectivity index (χ4v) is 5.30. The quantitative estimate of drug-likeness (QED) is 0.264. The summed E-state index contributed by atoms with van der Waals surface area (Å²) in [4.78, 5) is 0. The van der Waals surface area contributed by atoms with Gasteiger partial charge in [0, 0.05) is 34.3 Å². The summed E-state index contributed by atoms with van der Waals surface area (Å²) in [6, 6.07) is 30.3. The highest BCUT2D eigenvalue weighted by Gasteiger charge is 2.35. The Kier molecular flexibility index (Phi) is 3.66. The van der Waals surface area contributed by atoms with Crippen LogP contribution >= 0.6 is 0 Å². The van der Waals surface area contributed by atoms with Crippen molar-refractivity contribution >= 4 is 33.2 Å². The molecule has 31 heavy (non-hydrogen) atoms. The van der Waals surface area contributed by atoms with E-state index in [0.717, 1.165) is 11.4 Å². The second kappa shape index (κ2) is 6.22. The number of rotatable bonds is 2. The Bertz CT molecular complexity index is 1490. The molecule has 3 heteroatoms. The number of benzene rings is 4. The van der Waals surface area contributed by atoms with Gasteiger partial charge >= 0.3 is 0 Å². The molecular formula is C28H25N3. The summed E-state index contributed by atoms with van der Waals surface area (Å²) in [6.45, 7) is 4.59. The van der Waals surface area contributed by atoms with Crippen molar-refractivity contribution in [2.75, 3.05) is 5.01 Å². The number of fused-ring (bicyclic) bond motifs is 6. The highest BCUT2D eigenvalue weighted by atomic mass is 15.4. The largest absolute Gasteiger partial charge is 0.344 e. The van der Waals surface area contributed by atoms with Gasteiger partial charge in [-0.1, -0.05) is 62.4 Å². The van der Waals surface area contributed by atoms with Gasteiger partial charge in [0.2, 0.25) is 0 Å². The Morgan fingerprint density at radius 1 is 0.677 bits per heavy atom. The van der Waals surface area contributed by atoms with E-state index in [1.807, 2.05) is 0 Å². The predicted molar refractivity (Wildman–Crippen MR) is 131 cm³/mol. The second-order valence-electron chi connectivity index (χ2n) is 9.05.